The summed E-state index contributed by atoms with van der Waals surface area (Å²) in [4.78, 5) is 4.21. The first-order valence-electron chi connectivity index (χ1n) is 6.04. The third-order valence-corrected chi connectivity index (χ3v) is 2.81. The third-order valence-electron chi connectivity index (χ3n) is 2.81. The Morgan fingerprint density at radius 3 is 2.28 bits per heavy atom. The first-order valence-corrected chi connectivity index (χ1v) is 6.04. The van der Waals surface area contributed by atoms with E-state index in [0.717, 1.165) is 11.5 Å². The zero-order valence-corrected chi connectivity index (χ0v) is 11.1. The number of hydrogen-bond donors (Lipinski definition) is 2. The van der Waals surface area contributed by atoms with Gasteiger partial charge in [-0.2, -0.15) is 0 Å². The summed E-state index contributed by atoms with van der Waals surface area (Å²) < 4.78 is 0. The maximum Gasteiger partial charge on any atom is 0.132 e. The molecule has 0 saturated heterocycles. The first kappa shape index (κ1) is 12.4. The SMILES string of the molecule is CC(C)(C)c1ccc(Nc2cc(N)ccn2)cc1. The summed E-state index contributed by atoms with van der Waals surface area (Å²) in [5, 5.41) is 3.23. The van der Waals surface area contributed by atoms with Crippen molar-refractivity contribution in [1.82, 2.24) is 4.98 Å². The molecule has 0 unspecified atom stereocenters. The second kappa shape index (κ2) is 4.69. The predicted molar refractivity (Wildman–Crippen MR) is 77.1 cm³/mol. The van der Waals surface area contributed by atoms with Crippen molar-refractivity contribution in [2.45, 2.75) is 26.2 Å². The number of aromatic nitrogens is 1. The minimum Gasteiger partial charge on any atom is -0.399 e. The molecule has 0 aliphatic rings. The molecule has 0 saturated carbocycles. The minimum atomic E-state index is 0.175. The zero-order valence-electron chi connectivity index (χ0n) is 11.1. The lowest BCUT2D eigenvalue weighted by atomic mass is 9.87. The Morgan fingerprint density at radius 1 is 1.06 bits per heavy atom. The van der Waals surface area contributed by atoms with E-state index in [1.165, 1.54) is 5.56 Å². The van der Waals surface area contributed by atoms with E-state index in [4.69, 9.17) is 5.73 Å². The fourth-order valence-electron chi connectivity index (χ4n) is 1.72. The largest absolute Gasteiger partial charge is 0.399 e. The standard InChI is InChI=1S/C15H19N3/c1-15(2,3)11-4-6-13(7-5-11)18-14-10-12(16)8-9-17-14/h4-10H,1-3H3,(H3,16,17,18). The van der Waals surface area contributed by atoms with Crippen molar-refractivity contribution in [3.8, 4) is 0 Å². The summed E-state index contributed by atoms with van der Waals surface area (Å²) in [6.45, 7) is 6.61. The van der Waals surface area contributed by atoms with Crippen LogP contribution in [0.2, 0.25) is 0 Å². The van der Waals surface area contributed by atoms with E-state index in [0.29, 0.717) is 5.69 Å². The Bertz CT molecular complexity index is 524. The molecule has 0 aliphatic heterocycles. The van der Waals surface area contributed by atoms with E-state index in [-0.39, 0.29) is 5.41 Å². The highest BCUT2D eigenvalue weighted by molar-refractivity contribution is 5.59. The Morgan fingerprint density at radius 2 is 1.72 bits per heavy atom. The smallest absolute Gasteiger partial charge is 0.132 e. The molecule has 94 valence electrons. The summed E-state index contributed by atoms with van der Waals surface area (Å²) in [5.74, 6) is 0.763. The van der Waals surface area contributed by atoms with Crippen LogP contribution in [0.4, 0.5) is 17.2 Å². The van der Waals surface area contributed by atoms with Gasteiger partial charge in [0.05, 0.1) is 0 Å². The second-order valence-electron chi connectivity index (χ2n) is 5.43. The predicted octanol–water partition coefficient (Wildman–Crippen LogP) is 3.70. The molecule has 3 heteroatoms. The molecule has 0 bridgehead atoms. The topological polar surface area (TPSA) is 50.9 Å². The maximum atomic E-state index is 5.71. The minimum absolute atomic E-state index is 0.175. The van der Waals surface area contributed by atoms with Gasteiger partial charge in [0.15, 0.2) is 0 Å². The van der Waals surface area contributed by atoms with Gasteiger partial charge in [-0.15, -0.1) is 0 Å². The molecule has 1 aromatic carbocycles. The average molecular weight is 241 g/mol. The summed E-state index contributed by atoms with van der Waals surface area (Å²) in [5.41, 5.74) is 8.92. The first-order chi connectivity index (χ1) is 8.45. The Hall–Kier alpha value is -2.03. The highest BCUT2D eigenvalue weighted by Crippen LogP contribution is 2.24. The summed E-state index contributed by atoms with van der Waals surface area (Å²) in [6.07, 6.45) is 1.70. The molecular weight excluding hydrogens is 222 g/mol. The van der Waals surface area contributed by atoms with E-state index in [2.05, 4.69) is 55.3 Å². The zero-order chi connectivity index (χ0) is 13.2. The molecule has 0 amide bonds. The normalized spacial score (nSPS) is 11.3. The van der Waals surface area contributed by atoms with Crippen molar-refractivity contribution in [1.29, 1.82) is 0 Å². The number of hydrogen-bond acceptors (Lipinski definition) is 3. The monoisotopic (exact) mass is 241 g/mol. The molecule has 0 atom stereocenters. The molecule has 0 fully saturated rings. The lowest BCUT2D eigenvalue weighted by Gasteiger charge is -2.19. The van der Waals surface area contributed by atoms with Gasteiger partial charge in [0.25, 0.3) is 0 Å². The molecule has 0 aliphatic carbocycles. The Kier molecular flexibility index (Phi) is 3.24. The van der Waals surface area contributed by atoms with Crippen LogP contribution >= 0.6 is 0 Å². The van der Waals surface area contributed by atoms with Gasteiger partial charge in [0.1, 0.15) is 5.82 Å². The fourth-order valence-corrected chi connectivity index (χ4v) is 1.72. The molecule has 2 aromatic rings. The van der Waals surface area contributed by atoms with E-state index in [1.54, 1.807) is 12.3 Å². The van der Waals surface area contributed by atoms with E-state index in [1.807, 2.05) is 6.07 Å². The van der Waals surface area contributed by atoms with Gasteiger partial charge in [-0.3, -0.25) is 0 Å². The van der Waals surface area contributed by atoms with Crippen LogP contribution in [-0.2, 0) is 5.41 Å². The van der Waals surface area contributed by atoms with Crippen LogP contribution in [0.25, 0.3) is 0 Å². The fraction of sp³-hybridized carbons (Fsp3) is 0.267. The highest BCUT2D eigenvalue weighted by Gasteiger charge is 2.12. The van der Waals surface area contributed by atoms with E-state index >= 15 is 0 Å². The van der Waals surface area contributed by atoms with Gasteiger partial charge in [-0.25, -0.2) is 4.98 Å². The van der Waals surface area contributed by atoms with Gasteiger partial charge in [-0.1, -0.05) is 32.9 Å². The second-order valence-corrected chi connectivity index (χ2v) is 5.43. The van der Waals surface area contributed by atoms with Gasteiger partial charge < -0.3 is 11.1 Å². The molecule has 2 rings (SSSR count). The van der Waals surface area contributed by atoms with Crippen LogP contribution in [0.3, 0.4) is 0 Å². The van der Waals surface area contributed by atoms with Crippen LogP contribution in [0, 0.1) is 0 Å². The van der Waals surface area contributed by atoms with Crippen molar-refractivity contribution in [3.63, 3.8) is 0 Å². The van der Waals surface area contributed by atoms with Crippen LogP contribution < -0.4 is 11.1 Å². The van der Waals surface area contributed by atoms with Crippen molar-refractivity contribution >= 4 is 17.2 Å². The highest BCUT2D eigenvalue weighted by atomic mass is 15.0. The molecule has 0 spiro atoms. The Balaban J connectivity index is 2.16. The number of benzene rings is 1. The molecular formula is C15H19N3. The number of anilines is 3. The number of nitrogens with two attached hydrogens (primary N) is 1. The summed E-state index contributed by atoms with van der Waals surface area (Å²) in [6, 6.07) is 12.0. The van der Waals surface area contributed by atoms with Crippen LogP contribution in [-0.4, -0.2) is 4.98 Å². The molecule has 3 nitrogen and oxygen atoms in total. The third kappa shape index (κ3) is 3.00. The van der Waals surface area contributed by atoms with Crippen LogP contribution in [0.1, 0.15) is 26.3 Å². The van der Waals surface area contributed by atoms with Crippen LogP contribution in [0.15, 0.2) is 42.6 Å². The van der Waals surface area contributed by atoms with Crippen molar-refractivity contribution < 1.29 is 0 Å². The van der Waals surface area contributed by atoms with E-state index in [9.17, 15) is 0 Å². The molecule has 1 heterocycles. The molecule has 18 heavy (non-hydrogen) atoms. The van der Waals surface area contributed by atoms with Crippen molar-refractivity contribution in [3.05, 3.63) is 48.2 Å². The Labute approximate surface area is 108 Å². The van der Waals surface area contributed by atoms with Crippen molar-refractivity contribution in [2.24, 2.45) is 0 Å². The molecule has 1 aromatic heterocycles. The quantitative estimate of drug-likeness (QED) is 0.842. The van der Waals surface area contributed by atoms with Gasteiger partial charge >= 0.3 is 0 Å². The number of rotatable bonds is 2. The van der Waals surface area contributed by atoms with Crippen molar-refractivity contribution in [2.75, 3.05) is 11.1 Å². The number of pyridine rings is 1. The van der Waals surface area contributed by atoms with Crippen LogP contribution in [0.5, 0.6) is 0 Å². The lowest BCUT2D eigenvalue weighted by Crippen LogP contribution is -2.10. The van der Waals surface area contributed by atoms with Gasteiger partial charge in [-0.05, 0) is 29.2 Å². The molecule has 3 N–H and O–H groups in total. The number of nitrogens with one attached hydrogen (secondary N) is 1. The van der Waals surface area contributed by atoms with Gasteiger partial charge in [0.2, 0.25) is 0 Å². The number of nitrogens with zero attached hydrogens (tertiary/aromatic N) is 1. The maximum absolute atomic E-state index is 5.71. The lowest BCUT2D eigenvalue weighted by molar-refractivity contribution is 0.590. The average Bonchev–Trinajstić information content (AvgIpc) is 2.28. The van der Waals surface area contributed by atoms with Gasteiger partial charge in [0, 0.05) is 23.6 Å². The number of nitrogen functional groups attached to an aromatic ring is 1. The summed E-state index contributed by atoms with van der Waals surface area (Å²) in [7, 11) is 0. The molecule has 0 radical (unpaired) electrons. The van der Waals surface area contributed by atoms with E-state index < -0.39 is 0 Å². The summed E-state index contributed by atoms with van der Waals surface area (Å²) >= 11 is 0.